The number of Topliss-reactive ketones (excluding diaryl/α,β-unsaturated/α-hetero) is 1. The topological polar surface area (TPSA) is 108 Å². The molecule has 0 saturated carbocycles. The number of ether oxygens (including phenoxy) is 3. The zero-order valence-corrected chi connectivity index (χ0v) is 17.2. The number of carbonyl (C=O) groups is 2. The molecule has 0 aliphatic rings. The molecule has 0 aliphatic heterocycles. The van der Waals surface area contributed by atoms with Crippen molar-refractivity contribution in [2.45, 2.75) is 24.8 Å². The van der Waals surface area contributed by atoms with E-state index in [9.17, 15) is 18.0 Å². The van der Waals surface area contributed by atoms with Gasteiger partial charge in [-0.15, -0.1) is 0 Å². The molecule has 1 N–H and O–H groups in total. The van der Waals surface area contributed by atoms with Crippen LogP contribution in [0.25, 0.3) is 0 Å². The van der Waals surface area contributed by atoms with Crippen LogP contribution in [0.2, 0.25) is 0 Å². The molecule has 0 fully saturated rings. The first kappa shape index (κ1) is 22.4. The van der Waals surface area contributed by atoms with Gasteiger partial charge < -0.3 is 14.2 Å². The van der Waals surface area contributed by atoms with Gasteiger partial charge in [0.15, 0.2) is 12.4 Å². The summed E-state index contributed by atoms with van der Waals surface area (Å²) in [7, 11) is -2.47. The van der Waals surface area contributed by atoms with Gasteiger partial charge in [0.2, 0.25) is 10.0 Å². The second kappa shape index (κ2) is 10.0. The Morgan fingerprint density at radius 3 is 2.14 bits per heavy atom. The zero-order valence-electron chi connectivity index (χ0n) is 16.4. The number of carbonyl (C=O) groups excluding carboxylic acids is 2. The van der Waals surface area contributed by atoms with Gasteiger partial charge >= 0.3 is 5.97 Å². The summed E-state index contributed by atoms with van der Waals surface area (Å²) in [5.74, 6) is -0.139. The van der Waals surface area contributed by atoms with Crippen molar-refractivity contribution >= 4 is 21.8 Å². The third kappa shape index (κ3) is 6.30. The Morgan fingerprint density at radius 1 is 1.00 bits per heavy atom. The van der Waals surface area contributed by atoms with Crippen LogP contribution in [-0.4, -0.2) is 46.5 Å². The van der Waals surface area contributed by atoms with E-state index >= 15 is 0 Å². The van der Waals surface area contributed by atoms with Crippen molar-refractivity contribution in [3.05, 3.63) is 54.1 Å². The smallest absolute Gasteiger partial charge is 0.324 e. The maximum absolute atomic E-state index is 12.4. The minimum Gasteiger partial charge on any atom is -0.497 e. The standard InChI is InChI=1S/C20H23NO7S/c1-4-27-17-7-5-15(6-8-17)19(22)13-28-20(23)14(2)21-29(24,25)18-11-9-16(26-3)10-12-18/h5-12,14,21H,4,13H2,1-3H3. The van der Waals surface area contributed by atoms with E-state index in [-0.39, 0.29) is 4.90 Å². The lowest BCUT2D eigenvalue weighted by Gasteiger charge is -2.14. The van der Waals surface area contributed by atoms with E-state index in [1.165, 1.54) is 38.3 Å². The molecule has 0 aromatic heterocycles. The van der Waals surface area contributed by atoms with Gasteiger partial charge in [-0.2, -0.15) is 4.72 Å². The van der Waals surface area contributed by atoms with Crippen molar-refractivity contribution in [2.24, 2.45) is 0 Å². The fourth-order valence-corrected chi connectivity index (χ4v) is 3.54. The average molecular weight is 421 g/mol. The number of methoxy groups -OCH3 is 1. The fourth-order valence-electron chi connectivity index (χ4n) is 2.35. The summed E-state index contributed by atoms with van der Waals surface area (Å²) in [5.41, 5.74) is 0.354. The molecule has 1 unspecified atom stereocenters. The Morgan fingerprint density at radius 2 is 1.59 bits per heavy atom. The van der Waals surface area contributed by atoms with Gasteiger partial charge in [-0.3, -0.25) is 9.59 Å². The van der Waals surface area contributed by atoms with Crippen LogP contribution in [0.4, 0.5) is 0 Å². The quantitative estimate of drug-likeness (QED) is 0.463. The van der Waals surface area contributed by atoms with Crippen LogP contribution in [-0.2, 0) is 19.6 Å². The van der Waals surface area contributed by atoms with Gasteiger partial charge in [-0.05, 0) is 62.4 Å². The van der Waals surface area contributed by atoms with Crippen molar-refractivity contribution in [3.8, 4) is 11.5 Å². The summed E-state index contributed by atoms with van der Waals surface area (Å²) in [5, 5.41) is 0. The van der Waals surface area contributed by atoms with E-state index in [4.69, 9.17) is 14.2 Å². The molecule has 0 saturated heterocycles. The molecule has 8 nitrogen and oxygen atoms in total. The van der Waals surface area contributed by atoms with Gasteiger partial charge in [0.1, 0.15) is 17.5 Å². The van der Waals surface area contributed by atoms with Crippen molar-refractivity contribution < 1.29 is 32.2 Å². The second-order valence-corrected chi connectivity index (χ2v) is 7.72. The van der Waals surface area contributed by atoms with E-state index in [0.717, 1.165) is 0 Å². The van der Waals surface area contributed by atoms with Gasteiger partial charge in [0, 0.05) is 5.56 Å². The summed E-state index contributed by atoms with van der Waals surface area (Å²) in [6, 6.07) is 10.9. The minimum absolute atomic E-state index is 0.0246. The molecular formula is C20H23NO7S. The van der Waals surface area contributed by atoms with Crippen molar-refractivity contribution in [1.82, 2.24) is 4.72 Å². The van der Waals surface area contributed by atoms with Crippen LogP contribution in [0.15, 0.2) is 53.4 Å². The van der Waals surface area contributed by atoms with E-state index in [0.29, 0.717) is 23.7 Å². The first-order valence-corrected chi connectivity index (χ1v) is 10.3. The number of hydrogen-bond donors (Lipinski definition) is 1. The highest BCUT2D eigenvalue weighted by molar-refractivity contribution is 7.89. The first-order valence-electron chi connectivity index (χ1n) is 8.86. The van der Waals surface area contributed by atoms with E-state index in [1.54, 1.807) is 24.3 Å². The number of esters is 1. The highest BCUT2D eigenvalue weighted by atomic mass is 32.2. The highest BCUT2D eigenvalue weighted by Gasteiger charge is 2.24. The molecule has 0 radical (unpaired) electrons. The van der Waals surface area contributed by atoms with Crippen molar-refractivity contribution in [2.75, 3.05) is 20.3 Å². The number of benzene rings is 2. The van der Waals surface area contributed by atoms with E-state index in [2.05, 4.69) is 4.72 Å². The lowest BCUT2D eigenvalue weighted by atomic mass is 10.1. The van der Waals surface area contributed by atoms with Crippen molar-refractivity contribution in [1.29, 1.82) is 0 Å². The molecule has 9 heteroatoms. The van der Waals surface area contributed by atoms with Crippen LogP contribution in [0.5, 0.6) is 11.5 Å². The number of sulfonamides is 1. The Bertz CT molecular complexity index is 938. The van der Waals surface area contributed by atoms with Gasteiger partial charge in [-0.25, -0.2) is 8.42 Å². The normalized spacial score (nSPS) is 12.1. The van der Waals surface area contributed by atoms with Crippen LogP contribution in [0, 0.1) is 0 Å². The maximum atomic E-state index is 12.4. The van der Waals surface area contributed by atoms with Gasteiger partial charge in [0.05, 0.1) is 18.6 Å². The molecule has 0 amide bonds. The molecule has 0 bridgehead atoms. The summed E-state index contributed by atoms with van der Waals surface area (Å²) in [6.45, 7) is 3.20. The number of hydrogen-bond acceptors (Lipinski definition) is 7. The molecule has 0 aliphatic carbocycles. The summed E-state index contributed by atoms with van der Waals surface area (Å²) >= 11 is 0. The Balaban J connectivity index is 1.91. The lowest BCUT2D eigenvalue weighted by Crippen LogP contribution is -2.40. The predicted octanol–water partition coefficient (Wildman–Crippen LogP) is 2.19. The Labute approximate surface area is 169 Å². The van der Waals surface area contributed by atoms with E-state index in [1.807, 2.05) is 6.92 Å². The monoisotopic (exact) mass is 421 g/mol. The van der Waals surface area contributed by atoms with Gasteiger partial charge in [-0.1, -0.05) is 0 Å². The lowest BCUT2D eigenvalue weighted by molar-refractivity contribution is -0.144. The minimum atomic E-state index is -3.94. The Kier molecular flexibility index (Phi) is 7.74. The third-order valence-corrected chi connectivity index (χ3v) is 5.44. The predicted molar refractivity (Wildman–Crippen MR) is 106 cm³/mol. The third-order valence-electron chi connectivity index (χ3n) is 3.89. The van der Waals surface area contributed by atoms with E-state index < -0.39 is 34.4 Å². The largest absolute Gasteiger partial charge is 0.497 e. The fraction of sp³-hybridized carbons (Fsp3) is 0.300. The SMILES string of the molecule is CCOc1ccc(C(=O)COC(=O)C(C)NS(=O)(=O)c2ccc(OC)cc2)cc1. The van der Waals surface area contributed by atoms with Crippen LogP contribution >= 0.6 is 0 Å². The van der Waals surface area contributed by atoms with Crippen LogP contribution in [0.3, 0.4) is 0 Å². The molecular weight excluding hydrogens is 398 g/mol. The summed E-state index contributed by atoms with van der Waals surface area (Å²) in [6.07, 6.45) is 0. The molecule has 2 rings (SSSR count). The summed E-state index contributed by atoms with van der Waals surface area (Å²) in [4.78, 5) is 24.2. The number of nitrogens with one attached hydrogen (secondary N) is 1. The maximum Gasteiger partial charge on any atom is 0.324 e. The number of rotatable bonds is 10. The molecule has 0 heterocycles. The summed E-state index contributed by atoms with van der Waals surface area (Å²) < 4.78 is 42.2. The highest BCUT2D eigenvalue weighted by Crippen LogP contribution is 2.16. The molecule has 2 aromatic rings. The zero-order chi connectivity index (χ0) is 21.4. The average Bonchev–Trinajstić information content (AvgIpc) is 2.72. The molecule has 1 atom stereocenters. The van der Waals surface area contributed by atoms with Crippen molar-refractivity contribution in [3.63, 3.8) is 0 Å². The number of ketones is 1. The van der Waals surface area contributed by atoms with Crippen LogP contribution < -0.4 is 14.2 Å². The van der Waals surface area contributed by atoms with Gasteiger partial charge in [0.25, 0.3) is 0 Å². The molecule has 2 aromatic carbocycles. The van der Waals surface area contributed by atoms with Crippen LogP contribution in [0.1, 0.15) is 24.2 Å². The first-order chi connectivity index (χ1) is 13.8. The molecule has 156 valence electrons. The molecule has 29 heavy (non-hydrogen) atoms. The molecule has 0 spiro atoms. The Hall–Kier alpha value is -2.91. The second-order valence-electron chi connectivity index (χ2n) is 6.01.